The maximum absolute atomic E-state index is 2.40. The molecule has 0 nitrogen and oxygen atoms in total. The molecule has 0 aliphatic heterocycles. The van der Waals surface area contributed by atoms with Gasteiger partial charge in [0.1, 0.15) is 0 Å². The maximum atomic E-state index is 2.40. The summed E-state index contributed by atoms with van der Waals surface area (Å²) in [7, 11) is 0. The van der Waals surface area contributed by atoms with Gasteiger partial charge in [-0.05, 0) is 0 Å². The summed E-state index contributed by atoms with van der Waals surface area (Å²) in [6, 6.07) is 0. The first-order valence-corrected chi connectivity index (χ1v) is 8.19. The number of rotatable bonds is 5. The molecule has 0 aromatic heterocycles. The summed E-state index contributed by atoms with van der Waals surface area (Å²) in [5.74, 6) is 2.57. The molecule has 0 aliphatic carbocycles. The first-order valence-electron chi connectivity index (χ1n) is 5.57. The average molecular weight is 397 g/mol. The summed E-state index contributed by atoms with van der Waals surface area (Å²) in [5.41, 5.74) is 1.87. The minimum absolute atomic E-state index is 0.336. The van der Waals surface area contributed by atoms with Crippen LogP contribution in [0.3, 0.4) is 0 Å². The average Bonchev–Trinajstić information content (AvgIpc) is 1.92. The van der Waals surface area contributed by atoms with Crippen LogP contribution in [-0.2, 0) is 19.8 Å². The van der Waals surface area contributed by atoms with Crippen LogP contribution in [0.5, 0.6) is 0 Å². The van der Waals surface area contributed by atoms with Gasteiger partial charge in [0, 0.05) is 0 Å². The van der Waals surface area contributed by atoms with Gasteiger partial charge in [-0.15, -0.1) is 0 Å². The van der Waals surface area contributed by atoms with Crippen LogP contribution in [0.1, 0.15) is 48.0 Å². The second-order valence-electron chi connectivity index (χ2n) is 5.92. The Morgan fingerprint density at radius 1 is 1.20 bits per heavy atom. The van der Waals surface area contributed by atoms with Crippen molar-refractivity contribution in [2.24, 2.45) is 5.41 Å². The van der Waals surface area contributed by atoms with Crippen molar-refractivity contribution >= 4 is 11.8 Å². The van der Waals surface area contributed by atoms with Crippen molar-refractivity contribution in [1.82, 2.24) is 0 Å². The molecular formula is C13H25SW. The van der Waals surface area contributed by atoms with E-state index in [2.05, 4.69) is 59.4 Å². The predicted molar refractivity (Wildman–Crippen MR) is 69.2 cm³/mol. The molecule has 0 aromatic carbocycles. The predicted octanol–water partition coefficient (Wildman–Crippen LogP) is 4.85. The van der Waals surface area contributed by atoms with Gasteiger partial charge in [-0.1, -0.05) is 0 Å². The van der Waals surface area contributed by atoms with Gasteiger partial charge in [-0.2, -0.15) is 0 Å². The van der Waals surface area contributed by atoms with E-state index in [0.717, 1.165) is 0 Å². The van der Waals surface area contributed by atoms with Crippen molar-refractivity contribution in [3.63, 3.8) is 0 Å². The van der Waals surface area contributed by atoms with Crippen molar-refractivity contribution in [1.29, 1.82) is 0 Å². The standard InChI is InChI=1S/C13H25S.W/c1-11(2)10-14-8-7-12(3)9-13(4,5)6;/h9H,7-8,10H2,1-6H3;/b12-9-;. The number of hydrogen-bond donors (Lipinski definition) is 0. The van der Waals surface area contributed by atoms with Gasteiger partial charge in [0.05, 0.1) is 0 Å². The molecule has 0 saturated carbocycles. The van der Waals surface area contributed by atoms with Crippen molar-refractivity contribution in [2.45, 2.75) is 51.8 Å². The third-order valence-corrected chi connectivity index (χ3v) is 4.43. The molecule has 0 saturated heterocycles. The van der Waals surface area contributed by atoms with E-state index >= 15 is 0 Å². The molecule has 0 rings (SSSR count). The van der Waals surface area contributed by atoms with Gasteiger partial charge in [0.25, 0.3) is 0 Å². The monoisotopic (exact) mass is 397 g/mol. The summed E-state index contributed by atoms with van der Waals surface area (Å²) >= 11 is 3.80. The Labute approximate surface area is 112 Å². The second kappa shape index (κ2) is 6.50. The van der Waals surface area contributed by atoms with E-state index in [9.17, 15) is 0 Å². The van der Waals surface area contributed by atoms with Crippen molar-refractivity contribution in [2.75, 3.05) is 11.5 Å². The van der Waals surface area contributed by atoms with Crippen LogP contribution in [0, 0.1) is 5.41 Å². The summed E-state index contributed by atoms with van der Waals surface area (Å²) < 4.78 is 0.548. The van der Waals surface area contributed by atoms with Gasteiger partial charge >= 0.3 is 112 Å². The Hall–Kier alpha value is 0.778. The first-order chi connectivity index (χ1) is 6.60. The van der Waals surface area contributed by atoms with Crippen molar-refractivity contribution < 1.29 is 19.8 Å². The summed E-state index contributed by atoms with van der Waals surface area (Å²) in [6.45, 7) is 13.7. The summed E-state index contributed by atoms with van der Waals surface area (Å²) in [5, 5.41) is 0. The van der Waals surface area contributed by atoms with Crippen molar-refractivity contribution in [3.05, 3.63) is 11.6 Å². The van der Waals surface area contributed by atoms with E-state index in [4.69, 9.17) is 0 Å². The molecule has 0 radical (unpaired) electrons. The van der Waals surface area contributed by atoms with Crippen molar-refractivity contribution in [3.8, 4) is 0 Å². The first kappa shape index (κ1) is 15.8. The zero-order chi connectivity index (χ0) is 12.1. The van der Waals surface area contributed by atoms with Crippen LogP contribution in [0.15, 0.2) is 11.6 Å². The van der Waals surface area contributed by atoms with E-state index in [0.29, 0.717) is 9.22 Å². The van der Waals surface area contributed by atoms with Crippen LogP contribution in [0.2, 0.25) is 3.80 Å². The summed E-state index contributed by atoms with van der Waals surface area (Å²) in [6.07, 6.45) is 3.64. The van der Waals surface area contributed by atoms with Crippen LogP contribution in [-0.4, -0.2) is 11.5 Å². The molecule has 0 unspecified atom stereocenters. The SMILES string of the molecule is C/C(=C/C(C)(C)C)CCSC[C](C)(C)[W]. The fraction of sp³-hybridized carbons (Fsp3) is 0.846. The van der Waals surface area contributed by atoms with E-state index in [-0.39, 0.29) is 0 Å². The zero-order valence-electron chi connectivity index (χ0n) is 11.0. The third-order valence-electron chi connectivity index (χ3n) is 1.77. The molecule has 0 atom stereocenters. The molecule has 0 fully saturated rings. The fourth-order valence-corrected chi connectivity index (χ4v) is 3.36. The molecule has 0 amide bonds. The van der Waals surface area contributed by atoms with Gasteiger partial charge in [0.15, 0.2) is 0 Å². The Morgan fingerprint density at radius 2 is 1.73 bits per heavy atom. The molecule has 0 aliphatic rings. The van der Waals surface area contributed by atoms with E-state index in [1.54, 1.807) is 19.8 Å². The molecule has 0 aromatic rings. The van der Waals surface area contributed by atoms with Gasteiger partial charge < -0.3 is 0 Å². The van der Waals surface area contributed by atoms with E-state index in [1.165, 1.54) is 23.5 Å². The molecule has 89 valence electrons. The molecular weight excluding hydrogens is 372 g/mol. The van der Waals surface area contributed by atoms with E-state index in [1.807, 2.05) is 0 Å². The Morgan fingerprint density at radius 3 is 2.13 bits per heavy atom. The minimum atomic E-state index is 0.336. The number of allylic oxidation sites excluding steroid dienone is 2. The van der Waals surface area contributed by atoms with Gasteiger partial charge in [-0.25, -0.2) is 0 Å². The van der Waals surface area contributed by atoms with Gasteiger partial charge in [-0.3, -0.25) is 0 Å². The number of hydrogen-bond acceptors (Lipinski definition) is 1. The quantitative estimate of drug-likeness (QED) is 0.472. The third kappa shape index (κ3) is 12.7. The van der Waals surface area contributed by atoms with Crippen LogP contribution < -0.4 is 0 Å². The second-order valence-corrected chi connectivity index (χ2v) is 11.0. The fourth-order valence-electron chi connectivity index (χ4n) is 1.36. The number of thioether (sulfide) groups is 1. The normalized spacial score (nSPS) is 14.4. The molecule has 0 N–H and O–H groups in total. The zero-order valence-corrected chi connectivity index (χ0v) is 14.8. The topological polar surface area (TPSA) is 0 Å². The Balaban J connectivity index is 3.74. The molecule has 2 heteroatoms. The molecule has 15 heavy (non-hydrogen) atoms. The van der Waals surface area contributed by atoms with Crippen LogP contribution >= 0.6 is 11.8 Å². The molecule has 0 bridgehead atoms. The van der Waals surface area contributed by atoms with Crippen LogP contribution in [0.4, 0.5) is 0 Å². The van der Waals surface area contributed by atoms with Crippen LogP contribution in [0.25, 0.3) is 0 Å². The van der Waals surface area contributed by atoms with Gasteiger partial charge in [0.2, 0.25) is 0 Å². The summed E-state index contributed by atoms with van der Waals surface area (Å²) in [4.78, 5) is 0. The Bertz CT molecular complexity index is 206. The Kier molecular flexibility index (Phi) is 6.84. The van der Waals surface area contributed by atoms with E-state index < -0.39 is 0 Å². The molecule has 0 heterocycles. The molecule has 0 spiro atoms.